The van der Waals surface area contributed by atoms with Gasteiger partial charge in [-0.2, -0.15) is 5.26 Å². The molecule has 0 aliphatic heterocycles. The Labute approximate surface area is 109 Å². The van der Waals surface area contributed by atoms with E-state index in [9.17, 15) is 0 Å². The van der Waals surface area contributed by atoms with Gasteiger partial charge in [-0.05, 0) is 29.4 Å². The van der Waals surface area contributed by atoms with Gasteiger partial charge in [0.1, 0.15) is 0 Å². The molecule has 96 valence electrons. The van der Waals surface area contributed by atoms with E-state index in [2.05, 4.69) is 29.6 Å². The summed E-state index contributed by atoms with van der Waals surface area (Å²) in [5.41, 5.74) is 2.79. The minimum Gasteiger partial charge on any atom is -0.380 e. The van der Waals surface area contributed by atoms with Crippen molar-refractivity contribution >= 4 is 0 Å². The van der Waals surface area contributed by atoms with Crippen LogP contribution >= 0.6 is 0 Å². The van der Waals surface area contributed by atoms with Gasteiger partial charge >= 0.3 is 0 Å². The summed E-state index contributed by atoms with van der Waals surface area (Å²) in [6.07, 6.45) is 3.06. The minimum absolute atomic E-state index is 0.269. The number of nitrogens with one attached hydrogen (secondary N) is 1. The molecule has 3 nitrogen and oxygen atoms in total. The maximum Gasteiger partial charge on any atom is 0.0716 e. The van der Waals surface area contributed by atoms with Crippen LogP contribution in [0.3, 0.4) is 0 Å². The standard InChI is InChI=1S/C15H20N2O/c1-18-11-14-5-3-2-4-13(14)10-17-12-15(6-7-15)8-9-16/h2-5,17H,6-8,10-12H2,1H3. The third-order valence-electron chi connectivity index (χ3n) is 3.64. The highest BCUT2D eigenvalue weighted by molar-refractivity contribution is 5.26. The number of rotatable bonds is 7. The zero-order valence-corrected chi connectivity index (χ0v) is 10.9. The van der Waals surface area contributed by atoms with Crippen LogP contribution in [0.1, 0.15) is 30.4 Å². The van der Waals surface area contributed by atoms with E-state index in [1.54, 1.807) is 7.11 Å². The molecule has 0 bridgehead atoms. The molecular weight excluding hydrogens is 224 g/mol. The van der Waals surface area contributed by atoms with Crippen LogP contribution in [0.2, 0.25) is 0 Å². The Morgan fingerprint density at radius 1 is 1.33 bits per heavy atom. The number of nitrogens with zero attached hydrogens (tertiary/aromatic N) is 1. The Balaban J connectivity index is 1.85. The van der Waals surface area contributed by atoms with E-state index >= 15 is 0 Å². The van der Waals surface area contributed by atoms with Gasteiger partial charge in [0.15, 0.2) is 0 Å². The van der Waals surface area contributed by atoms with Crippen molar-refractivity contribution in [2.45, 2.75) is 32.4 Å². The predicted molar refractivity (Wildman–Crippen MR) is 70.8 cm³/mol. The Kier molecular flexibility index (Phi) is 4.35. The zero-order valence-electron chi connectivity index (χ0n) is 10.9. The fourth-order valence-corrected chi connectivity index (χ4v) is 2.25. The number of ether oxygens (including phenoxy) is 1. The van der Waals surface area contributed by atoms with E-state index in [-0.39, 0.29) is 5.41 Å². The molecule has 18 heavy (non-hydrogen) atoms. The van der Waals surface area contributed by atoms with Crippen molar-refractivity contribution in [1.82, 2.24) is 5.32 Å². The van der Waals surface area contributed by atoms with E-state index in [1.807, 2.05) is 6.07 Å². The summed E-state index contributed by atoms with van der Waals surface area (Å²) in [6, 6.07) is 10.6. The average Bonchev–Trinajstić information content (AvgIpc) is 3.12. The molecule has 0 amide bonds. The van der Waals surface area contributed by atoms with Crippen LogP contribution < -0.4 is 5.32 Å². The van der Waals surface area contributed by atoms with Crippen LogP contribution in [0.4, 0.5) is 0 Å². The molecule has 1 aliphatic carbocycles. The molecule has 0 radical (unpaired) electrons. The number of hydrogen-bond donors (Lipinski definition) is 1. The van der Waals surface area contributed by atoms with Crippen molar-refractivity contribution in [1.29, 1.82) is 5.26 Å². The Morgan fingerprint density at radius 3 is 2.67 bits per heavy atom. The summed E-state index contributed by atoms with van der Waals surface area (Å²) in [5, 5.41) is 12.3. The van der Waals surface area contributed by atoms with Gasteiger partial charge in [0.25, 0.3) is 0 Å². The second-order valence-electron chi connectivity index (χ2n) is 5.14. The Morgan fingerprint density at radius 2 is 2.06 bits per heavy atom. The lowest BCUT2D eigenvalue weighted by Gasteiger charge is -2.14. The van der Waals surface area contributed by atoms with Crippen molar-refractivity contribution in [2.75, 3.05) is 13.7 Å². The quantitative estimate of drug-likeness (QED) is 0.802. The highest BCUT2D eigenvalue weighted by Crippen LogP contribution is 2.47. The SMILES string of the molecule is COCc1ccccc1CNCC1(CC#N)CC1. The minimum atomic E-state index is 0.269. The van der Waals surface area contributed by atoms with Crippen molar-refractivity contribution < 1.29 is 4.74 Å². The lowest BCUT2D eigenvalue weighted by atomic mass is 10.0. The second-order valence-corrected chi connectivity index (χ2v) is 5.14. The number of benzene rings is 1. The van der Waals surface area contributed by atoms with Gasteiger partial charge in [-0.25, -0.2) is 0 Å². The first kappa shape index (κ1) is 13.1. The molecule has 1 saturated carbocycles. The van der Waals surface area contributed by atoms with Crippen molar-refractivity contribution in [3.63, 3.8) is 0 Å². The summed E-state index contributed by atoms with van der Waals surface area (Å²) in [4.78, 5) is 0. The third-order valence-corrected chi connectivity index (χ3v) is 3.64. The molecule has 1 aliphatic rings. The molecule has 0 atom stereocenters. The van der Waals surface area contributed by atoms with Crippen molar-refractivity contribution in [3.05, 3.63) is 35.4 Å². The third kappa shape index (κ3) is 3.32. The molecule has 1 aromatic carbocycles. The first-order valence-electron chi connectivity index (χ1n) is 6.43. The normalized spacial score (nSPS) is 16.2. The van der Waals surface area contributed by atoms with Gasteiger partial charge in [0.05, 0.1) is 12.7 Å². The van der Waals surface area contributed by atoms with Gasteiger partial charge in [-0.1, -0.05) is 24.3 Å². The lowest BCUT2D eigenvalue weighted by Crippen LogP contribution is -2.23. The molecule has 0 unspecified atom stereocenters. The highest BCUT2D eigenvalue weighted by Gasteiger charge is 2.41. The summed E-state index contributed by atoms with van der Waals surface area (Å²) >= 11 is 0. The number of nitriles is 1. The molecule has 1 N–H and O–H groups in total. The zero-order chi connectivity index (χ0) is 12.8. The molecule has 0 spiro atoms. The van der Waals surface area contributed by atoms with Crippen molar-refractivity contribution in [2.24, 2.45) is 5.41 Å². The summed E-state index contributed by atoms with van der Waals surface area (Å²) < 4.78 is 5.20. The lowest BCUT2D eigenvalue weighted by molar-refractivity contribution is 0.184. The smallest absolute Gasteiger partial charge is 0.0716 e. The second kappa shape index (κ2) is 5.99. The van der Waals surface area contributed by atoms with E-state index in [0.717, 1.165) is 13.1 Å². The van der Waals surface area contributed by atoms with Gasteiger partial charge in [0, 0.05) is 26.6 Å². The topological polar surface area (TPSA) is 45.0 Å². The van der Waals surface area contributed by atoms with E-state index in [1.165, 1.54) is 24.0 Å². The van der Waals surface area contributed by atoms with Crippen LogP contribution in [0.15, 0.2) is 24.3 Å². The predicted octanol–water partition coefficient (Wildman–Crippen LogP) is 2.62. The van der Waals surface area contributed by atoms with Gasteiger partial charge in [0.2, 0.25) is 0 Å². The fourth-order valence-electron chi connectivity index (χ4n) is 2.25. The molecule has 2 rings (SSSR count). The van der Waals surface area contributed by atoms with Crippen LogP contribution in [-0.2, 0) is 17.9 Å². The van der Waals surface area contributed by atoms with Crippen LogP contribution in [-0.4, -0.2) is 13.7 Å². The monoisotopic (exact) mass is 244 g/mol. The van der Waals surface area contributed by atoms with E-state index < -0.39 is 0 Å². The largest absolute Gasteiger partial charge is 0.380 e. The van der Waals surface area contributed by atoms with Crippen molar-refractivity contribution in [3.8, 4) is 6.07 Å². The van der Waals surface area contributed by atoms with E-state index in [0.29, 0.717) is 13.0 Å². The van der Waals surface area contributed by atoms with Gasteiger partial charge in [-0.15, -0.1) is 0 Å². The molecule has 1 aromatic rings. The number of methoxy groups -OCH3 is 1. The summed E-state index contributed by atoms with van der Waals surface area (Å²) in [7, 11) is 1.72. The maximum absolute atomic E-state index is 8.78. The summed E-state index contributed by atoms with van der Waals surface area (Å²) in [6.45, 7) is 2.45. The molecule has 1 fully saturated rings. The Bertz CT molecular complexity index is 432. The van der Waals surface area contributed by atoms with Crippen LogP contribution in [0.5, 0.6) is 0 Å². The fraction of sp³-hybridized carbons (Fsp3) is 0.533. The molecule has 0 aromatic heterocycles. The van der Waals surface area contributed by atoms with E-state index in [4.69, 9.17) is 10.00 Å². The van der Waals surface area contributed by atoms with Crippen LogP contribution in [0, 0.1) is 16.7 Å². The Hall–Kier alpha value is -1.37. The maximum atomic E-state index is 8.78. The van der Waals surface area contributed by atoms with Crippen LogP contribution in [0.25, 0.3) is 0 Å². The highest BCUT2D eigenvalue weighted by atomic mass is 16.5. The average molecular weight is 244 g/mol. The first-order chi connectivity index (χ1) is 8.79. The molecule has 0 saturated heterocycles. The number of hydrogen-bond acceptors (Lipinski definition) is 3. The first-order valence-corrected chi connectivity index (χ1v) is 6.43. The molecule has 0 heterocycles. The summed E-state index contributed by atoms with van der Waals surface area (Å²) in [5.74, 6) is 0. The molecule has 3 heteroatoms. The van der Waals surface area contributed by atoms with Gasteiger partial charge < -0.3 is 10.1 Å². The van der Waals surface area contributed by atoms with Gasteiger partial charge in [-0.3, -0.25) is 0 Å². The molecular formula is C15H20N2O.